The molecule has 0 unspecified atom stereocenters. The van der Waals surface area contributed by atoms with Gasteiger partial charge in [0, 0.05) is 17.3 Å². The summed E-state index contributed by atoms with van der Waals surface area (Å²) < 4.78 is 1.90. The van der Waals surface area contributed by atoms with Gasteiger partial charge in [-0.15, -0.1) is 0 Å². The Hall–Kier alpha value is -5.90. The van der Waals surface area contributed by atoms with Gasteiger partial charge in [-0.2, -0.15) is 0 Å². The summed E-state index contributed by atoms with van der Waals surface area (Å²) in [5.41, 5.74) is 11.7. The number of imidazole rings is 1. The summed E-state index contributed by atoms with van der Waals surface area (Å²) in [6, 6.07) is 26.6. The van der Waals surface area contributed by atoms with Gasteiger partial charge in [-0.3, -0.25) is 9.36 Å². The number of nitrogen functional groups attached to an aromatic ring is 1. The molecular weight excluding hydrogens is 518 g/mol. The molecule has 200 valence electrons. The van der Waals surface area contributed by atoms with Crippen LogP contribution < -0.4 is 11.1 Å². The number of benzene rings is 2. The van der Waals surface area contributed by atoms with Crippen LogP contribution in [0.15, 0.2) is 97.2 Å². The molecule has 6 rings (SSSR count). The Labute approximate surface area is 234 Å². The smallest absolute Gasteiger partial charge is 0.335 e. The zero-order chi connectivity index (χ0) is 28.5. The van der Waals surface area contributed by atoms with E-state index in [0.717, 1.165) is 11.3 Å². The molecule has 2 aromatic carbocycles. The van der Waals surface area contributed by atoms with E-state index in [1.807, 2.05) is 66.1 Å². The van der Waals surface area contributed by atoms with Crippen molar-refractivity contribution in [1.29, 1.82) is 0 Å². The average Bonchev–Trinajstić information content (AvgIpc) is 3.36. The molecule has 10 heteroatoms. The van der Waals surface area contributed by atoms with E-state index in [4.69, 9.17) is 20.8 Å². The van der Waals surface area contributed by atoms with Gasteiger partial charge in [0.15, 0.2) is 11.5 Å². The molecule has 0 aliphatic carbocycles. The van der Waals surface area contributed by atoms with E-state index < -0.39 is 11.9 Å². The van der Waals surface area contributed by atoms with Gasteiger partial charge in [-0.05, 0) is 67.6 Å². The second kappa shape index (κ2) is 10.3. The molecule has 4 aromatic heterocycles. The van der Waals surface area contributed by atoms with E-state index in [9.17, 15) is 9.59 Å². The minimum Gasteiger partial charge on any atom is -0.478 e. The van der Waals surface area contributed by atoms with Crippen LogP contribution in [0.25, 0.3) is 39.5 Å². The molecule has 0 aliphatic rings. The van der Waals surface area contributed by atoms with E-state index >= 15 is 0 Å². The second-order valence-corrected chi connectivity index (χ2v) is 9.25. The Morgan fingerprint density at radius 1 is 0.829 bits per heavy atom. The fourth-order valence-electron chi connectivity index (χ4n) is 4.55. The lowest BCUT2D eigenvalue weighted by Crippen LogP contribution is -2.14. The second-order valence-electron chi connectivity index (χ2n) is 9.25. The number of hydrogen-bond acceptors (Lipinski definition) is 7. The van der Waals surface area contributed by atoms with E-state index in [1.54, 1.807) is 18.3 Å². The first-order valence-corrected chi connectivity index (χ1v) is 12.7. The SMILES string of the molecule is Cc1nc(NC(=O)c2ccc(C(=O)O)cc2)ccc1-n1c(-c2cccnc2N)nc2ccc(-c3ccccc3)nc21. The molecule has 0 saturated heterocycles. The lowest BCUT2D eigenvalue weighted by Gasteiger charge is -2.14. The molecule has 0 saturated carbocycles. The first-order valence-electron chi connectivity index (χ1n) is 12.7. The monoisotopic (exact) mass is 541 g/mol. The summed E-state index contributed by atoms with van der Waals surface area (Å²) in [5.74, 6) is -0.245. The molecule has 0 atom stereocenters. The number of nitrogens with two attached hydrogens (primary N) is 1. The maximum Gasteiger partial charge on any atom is 0.335 e. The highest BCUT2D eigenvalue weighted by atomic mass is 16.4. The predicted molar refractivity (Wildman–Crippen MR) is 156 cm³/mol. The third kappa shape index (κ3) is 4.85. The lowest BCUT2D eigenvalue weighted by atomic mass is 10.1. The molecule has 10 nitrogen and oxygen atoms in total. The van der Waals surface area contributed by atoms with Crippen LogP contribution in [0, 0.1) is 6.92 Å². The largest absolute Gasteiger partial charge is 0.478 e. The standard InChI is InChI=1S/C31H23N7O3/c1-18-25(15-16-26(34-18)37-30(39)20-9-11-21(12-10-20)31(40)41)38-28(22-8-5-17-33-27(22)32)36-24-14-13-23(35-29(24)38)19-6-3-2-4-7-19/h2-17H,1H3,(H2,32,33)(H,40,41)(H,34,37,39). The average molecular weight is 542 g/mol. The highest BCUT2D eigenvalue weighted by molar-refractivity contribution is 6.04. The number of carboxylic acid groups (broad SMARTS) is 1. The maximum atomic E-state index is 12.8. The number of aromatic nitrogens is 5. The van der Waals surface area contributed by atoms with Crippen molar-refractivity contribution in [2.24, 2.45) is 0 Å². The molecule has 6 aromatic rings. The van der Waals surface area contributed by atoms with Crippen molar-refractivity contribution in [3.8, 4) is 28.3 Å². The quantitative estimate of drug-likeness (QED) is 0.254. The zero-order valence-electron chi connectivity index (χ0n) is 21.8. The molecule has 0 bridgehead atoms. The van der Waals surface area contributed by atoms with Gasteiger partial charge in [-0.25, -0.2) is 24.7 Å². The van der Waals surface area contributed by atoms with Crippen molar-refractivity contribution in [2.45, 2.75) is 6.92 Å². The molecular formula is C31H23N7O3. The van der Waals surface area contributed by atoms with Gasteiger partial charge in [0.25, 0.3) is 5.91 Å². The number of aromatic carboxylic acids is 1. The Bertz CT molecular complexity index is 1930. The molecule has 4 N–H and O–H groups in total. The first-order chi connectivity index (χ1) is 19.9. The summed E-state index contributed by atoms with van der Waals surface area (Å²) in [4.78, 5) is 42.6. The number of hydrogen-bond donors (Lipinski definition) is 3. The fraction of sp³-hybridized carbons (Fsp3) is 0.0323. The molecule has 4 heterocycles. The molecule has 0 spiro atoms. The predicted octanol–water partition coefficient (Wildman–Crippen LogP) is 5.39. The molecule has 0 aliphatic heterocycles. The van der Waals surface area contributed by atoms with Gasteiger partial charge in [0.2, 0.25) is 0 Å². The number of nitrogens with one attached hydrogen (secondary N) is 1. The lowest BCUT2D eigenvalue weighted by molar-refractivity contribution is 0.0696. The van der Waals surface area contributed by atoms with Gasteiger partial charge in [-0.1, -0.05) is 30.3 Å². The number of pyridine rings is 3. The Kier molecular flexibility index (Phi) is 6.40. The van der Waals surface area contributed by atoms with Crippen molar-refractivity contribution >= 4 is 34.7 Å². The van der Waals surface area contributed by atoms with Crippen LogP contribution in [0.3, 0.4) is 0 Å². The van der Waals surface area contributed by atoms with Crippen LogP contribution in [-0.2, 0) is 0 Å². The number of amides is 1. The van der Waals surface area contributed by atoms with Crippen molar-refractivity contribution in [3.05, 3.63) is 114 Å². The van der Waals surface area contributed by atoms with Crippen LogP contribution in [0.4, 0.5) is 11.6 Å². The van der Waals surface area contributed by atoms with Crippen LogP contribution in [0.5, 0.6) is 0 Å². The summed E-state index contributed by atoms with van der Waals surface area (Å²) in [6.45, 7) is 1.83. The Morgan fingerprint density at radius 2 is 1.59 bits per heavy atom. The van der Waals surface area contributed by atoms with Gasteiger partial charge in [0.05, 0.1) is 28.2 Å². The van der Waals surface area contributed by atoms with Crippen molar-refractivity contribution in [2.75, 3.05) is 11.1 Å². The molecule has 0 fully saturated rings. The third-order valence-electron chi connectivity index (χ3n) is 6.59. The molecule has 41 heavy (non-hydrogen) atoms. The van der Waals surface area contributed by atoms with Crippen LogP contribution in [0.2, 0.25) is 0 Å². The maximum absolute atomic E-state index is 12.8. The van der Waals surface area contributed by atoms with Crippen LogP contribution in [0.1, 0.15) is 26.4 Å². The number of carbonyl (C=O) groups excluding carboxylic acids is 1. The van der Waals surface area contributed by atoms with E-state index in [1.165, 1.54) is 24.3 Å². The van der Waals surface area contributed by atoms with Crippen molar-refractivity contribution < 1.29 is 14.7 Å². The number of rotatable bonds is 6. The number of aryl methyl sites for hydroxylation is 1. The van der Waals surface area contributed by atoms with Crippen molar-refractivity contribution in [3.63, 3.8) is 0 Å². The Balaban J connectivity index is 1.43. The zero-order valence-corrected chi connectivity index (χ0v) is 21.8. The van der Waals surface area contributed by atoms with E-state index in [2.05, 4.69) is 15.3 Å². The number of anilines is 2. The number of carbonyl (C=O) groups is 2. The molecule has 0 radical (unpaired) electrons. The topological polar surface area (TPSA) is 149 Å². The number of nitrogens with zero attached hydrogens (tertiary/aromatic N) is 5. The normalized spacial score (nSPS) is 11.0. The highest BCUT2D eigenvalue weighted by Crippen LogP contribution is 2.32. The third-order valence-corrected chi connectivity index (χ3v) is 6.59. The van der Waals surface area contributed by atoms with Crippen LogP contribution in [-0.4, -0.2) is 41.5 Å². The number of carboxylic acids is 1. The fourth-order valence-corrected chi connectivity index (χ4v) is 4.55. The summed E-state index contributed by atoms with van der Waals surface area (Å²) in [7, 11) is 0. The molecule has 1 amide bonds. The van der Waals surface area contributed by atoms with E-state index in [-0.39, 0.29) is 5.56 Å². The number of fused-ring (bicyclic) bond motifs is 1. The van der Waals surface area contributed by atoms with Crippen LogP contribution >= 0.6 is 0 Å². The Morgan fingerprint density at radius 3 is 2.29 bits per heavy atom. The van der Waals surface area contributed by atoms with E-state index in [0.29, 0.717) is 51.1 Å². The van der Waals surface area contributed by atoms with Gasteiger partial charge in [0.1, 0.15) is 17.2 Å². The summed E-state index contributed by atoms with van der Waals surface area (Å²) in [5, 5.41) is 11.9. The van der Waals surface area contributed by atoms with Gasteiger partial charge < -0.3 is 16.2 Å². The highest BCUT2D eigenvalue weighted by Gasteiger charge is 2.21. The minimum absolute atomic E-state index is 0.0986. The van der Waals surface area contributed by atoms with Crippen molar-refractivity contribution in [1.82, 2.24) is 24.5 Å². The summed E-state index contributed by atoms with van der Waals surface area (Å²) in [6.07, 6.45) is 1.62. The first kappa shape index (κ1) is 25.4. The minimum atomic E-state index is -1.06. The van der Waals surface area contributed by atoms with Gasteiger partial charge >= 0.3 is 5.97 Å². The summed E-state index contributed by atoms with van der Waals surface area (Å²) >= 11 is 0.